The predicted octanol–water partition coefficient (Wildman–Crippen LogP) is 1.46. The number of benzene rings is 1. The molecule has 2 amide bonds. The first-order valence-electron chi connectivity index (χ1n) is 9.40. The van der Waals surface area contributed by atoms with Crippen molar-refractivity contribution in [1.29, 1.82) is 0 Å². The van der Waals surface area contributed by atoms with Crippen LogP contribution in [0, 0.1) is 5.82 Å². The lowest BCUT2D eigenvalue weighted by atomic mass is 10.1. The minimum atomic E-state index is -1.35. The Labute approximate surface area is 180 Å². The van der Waals surface area contributed by atoms with Gasteiger partial charge in [0.1, 0.15) is 36.4 Å². The minimum Gasteiger partial charge on any atom is -0.382 e. The molecule has 162 valence electrons. The van der Waals surface area contributed by atoms with Crippen molar-refractivity contribution in [2.24, 2.45) is 0 Å². The second-order valence-corrected chi connectivity index (χ2v) is 7.54. The number of alkyl halides is 1. The molecule has 4 rings (SSSR count). The number of carbonyl (C=O) groups excluding carboxylic acids is 2. The number of nitrogens with zero attached hydrogens (tertiary/aromatic N) is 5. The van der Waals surface area contributed by atoms with Crippen molar-refractivity contribution in [2.75, 3.05) is 12.3 Å². The summed E-state index contributed by atoms with van der Waals surface area (Å²) >= 11 is 5.74. The van der Waals surface area contributed by atoms with Crippen LogP contribution in [0.3, 0.4) is 0 Å². The van der Waals surface area contributed by atoms with Gasteiger partial charge in [0.15, 0.2) is 11.5 Å². The van der Waals surface area contributed by atoms with Gasteiger partial charge in [0.05, 0.1) is 17.9 Å². The van der Waals surface area contributed by atoms with E-state index < -0.39 is 29.8 Å². The number of hydrogen-bond donors (Lipinski definition) is 2. The monoisotopic (exact) mass is 449 g/mol. The number of halogens is 3. The van der Waals surface area contributed by atoms with Gasteiger partial charge in [-0.2, -0.15) is 0 Å². The Morgan fingerprint density at radius 3 is 2.90 bits per heavy atom. The van der Waals surface area contributed by atoms with Crippen molar-refractivity contribution >= 4 is 40.4 Å². The molecule has 1 aliphatic heterocycles. The summed E-state index contributed by atoms with van der Waals surface area (Å²) in [7, 11) is 0. The van der Waals surface area contributed by atoms with Gasteiger partial charge in [0.2, 0.25) is 11.8 Å². The standard InChI is InChI=1S/C19H18ClF2N7O2/c20-12-3-1-2-10(15(12)22)5-24-19(31)13-4-11(21)6-29(13)14(30)7-28-9-27-16-17(23)25-8-26-18(16)28/h1-3,8-9,11,13H,4-7H2,(H,24,31)(H2,23,25,26). The normalized spacial score (nSPS) is 18.5. The number of amides is 2. The van der Waals surface area contributed by atoms with Crippen LogP contribution in [0.5, 0.6) is 0 Å². The summed E-state index contributed by atoms with van der Waals surface area (Å²) in [4.78, 5) is 38.7. The van der Waals surface area contributed by atoms with Gasteiger partial charge in [-0.15, -0.1) is 0 Å². The van der Waals surface area contributed by atoms with Gasteiger partial charge in [-0.25, -0.2) is 23.7 Å². The molecule has 0 bridgehead atoms. The number of aromatic nitrogens is 4. The molecule has 31 heavy (non-hydrogen) atoms. The fourth-order valence-corrected chi connectivity index (χ4v) is 3.74. The maximum Gasteiger partial charge on any atom is 0.243 e. The summed E-state index contributed by atoms with van der Waals surface area (Å²) in [5, 5.41) is 2.49. The molecular formula is C19H18ClF2N7O2. The third kappa shape index (κ3) is 4.13. The van der Waals surface area contributed by atoms with E-state index in [-0.39, 0.29) is 42.5 Å². The molecule has 2 unspecified atom stereocenters. The van der Waals surface area contributed by atoms with Gasteiger partial charge in [0, 0.05) is 18.5 Å². The van der Waals surface area contributed by atoms with E-state index in [9.17, 15) is 18.4 Å². The van der Waals surface area contributed by atoms with E-state index >= 15 is 0 Å². The van der Waals surface area contributed by atoms with E-state index in [4.69, 9.17) is 17.3 Å². The van der Waals surface area contributed by atoms with Crippen LogP contribution in [0.25, 0.3) is 11.2 Å². The number of imidazole rings is 1. The number of carbonyl (C=O) groups is 2. The van der Waals surface area contributed by atoms with Crippen LogP contribution >= 0.6 is 11.6 Å². The lowest BCUT2D eigenvalue weighted by molar-refractivity contribution is -0.139. The quantitative estimate of drug-likeness (QED) is 0.608. The minimum absolute atomic E-state index is 0.0646. The molecular weight excluding hydrogens is 432 g/mol. The highest BCUT2D eigenvalue weighted by Gasteiger charge is 2.39. The highest BCUT2D eigenvalue weighted by molar-refractivity contribution is 6.30. The zero-order valence-electron chi connectivity index (χ0n) is 16.1. The number of fused-ring (bicyclic) bond motifs is 1. The van der Waals surface area contributed by atoms with Gasteiger partial charge in [0.25, 0.3) is 0 Å². The fourth-order valence-electron chi connectivity index (χ4n) is 3.55. The summed E-state index contributed by atoms with van der Waals surface area (Å²) in [6.45, 7) is -0.554. The Balaban J connectivity index is 1.46. The molecule has 3 N–H and O–H groups in total. The zero-order valence-corrected chi connectivity index (χ0v) is 16.9. The van der Waals surface area contributed by atoms with Gasteiger partial charge in [-0.1, -0.05) is 23.7 Å². The van der Waals surface area contributed by atoms with Gasteiger partial charge >= 0.3 is 0 Å². The zero-order chi connectivity index (χ0) is 22.1. The summed E-state index contributed by atoms with van der Waals surface area (Å²) in [5.41, 5.74) is 6.64. The van der Waals surface area contributed by atoms with E-state index in [2.05, 4.69) is 20.3 Å². The van der Waals surface area contributed by atoms with Crippen molar-refractivity contribution in [3.05, 3.63) is 47.3 Å². The lowest BCUT2D eigenvalue weighted by Gasteiger charge is -2.24. The highest BCUT2D eigenvalue weighted by atomic mass is 35.5. The number of anilines is 1. The molecule has 1 aromatic carbocycles. The van der Waals surface area contributed by atoms with Crippen LogP contribution in [-0.4, -0.2) is 55.0 Å². The van der Waals surface area contributed by atoms with Crippen molar-refractivity contribution < 1.29 is 18.4 Å². The summed E-state index contributed by atoms with van der Waals surface area (Å²) < 4.78 is 29.6. The Morgan fingerprint density at radius 1 is 1.29 bits per heavy atom. The topological polar surface area (TPSA) is 119 Å². The molecule has 0 saturated carbocycles. The molecule has 2 aromatic heterocycles. The Bertz CT molecular complexity index is 1160. The van der Waals surface area contributed by atoms with E-state index in [1.165, 1.54) is 34.3 Å². The van der Waals surface area contributed by atoms with Crippen LogP contribution in [0.15, 0.2) is 30.9 Å². The molecule has 3 heterocycles. The van der Waals surface area contributed by atoms with E-state index in [1.807, 2.05) is 0 Å². The fraction of sp³-hybridized carbons (Fsp3) is 0.316. The molecule has 0 radical (unpaired) electrons. The number of nitrogen functional groups attached to an aromatic ring is 1. The number of hydrogen-bond acceptors (Lipinski definition) is 6. The summed E-state index contributed by atoms with van der Waals surface area (Å²) in [5.74, 6) is -1.52. The van der Waals surface area contributed by atoms with Crippen LogP contribution in [0.2, 0.25) is 5.02 Å². The predicted molar refractivity (Wildman–Crippen MR) is 108 cm³/mol. The Morgan fingerprint density at radius 2 is 2.10 bits per heavy atom. The maximum atomic E-state index is 14.1. The van der Waals surface area contributed by atoms with Crippen molar-refractivity contribution in [1.82, 2.24) is 29.7 Å². The first kappa shape index (κ1) is 20.9. The number of likely N-dealkylation sites (tertiary alicyclic amines) is 1. The molecule has 2 atom stereocenters. The second kappa shape index (κ2) is 8.42. The molecule has 1 aliphatic rings. The van der Waals surface area contributed by atoms with Gasteiger partial charge in [-0.3, -0.25) is 9.59 Å². The SMILES string of the molecule is Nc1ncnc2c1ncn2CC(=O)N1CC(F)CC1C(=O)NCc1cccc(Cl)c1F. The Kier molecular flexibility index (Phi) is 5.68. The van der Waals surface area contributed by atoms with Crippen LogP contribution in [0.4, 0.5) is 14.6 Å². The molecule has 9 nitrogen and oxygen atoms in total. The molecule has 3 aromatic rings. The summed E-state index contributed by atoms with van der Waals surface area (Å²) in [6.07, 6.45) is 1.14. The first-order valence-corrected chi connectivity index (χ1v) is 9.78. The molecule has 0 spiro atoms. The molecule has 1 fully saturated rings. The highest BCUT2D eigenvalue weighted by Crippen LogP contribution is 2.23. The number of nitrogens with one attached hydrogen (secondary N) is 1. The number of rotatable bonds is 5. The molecule has 1 saturated heterocycles. The van der Waals surface area contributed by atoms with Crippen molar-refractivity contribution in [2.45, 2.75) is 31.7 Å². The van der Waals surface area contributed by atoms with Crippen molar-refractivity contribution in [3.63, 3.8) is 0 Å². The van der Waals surface area contributed by atoms with Crippen molar-refractivity contribution in [3.8, 4) is 0 Å². The van der Waals surface area contributed by atoms with Crippen LogP contribution < -0.4 is 11.1 Å². The molecule has 12 heteroatoms. The Hall–Kier alpha value is -3.34. The second-order valence-electron chi connectivity index (χ2n) is 7.13. The summed E-state index contributed by atoms with van der Waals surface area (Å²) in [6, 6.07) is 3.42. The third-order valence-corrected chi connectivity index (χ3v) is 5.38. The first-order chi connectivity index (χ1) is 14.8. The van der Waals surface area contributed by atoms with Crippen LogP contribution in [0.1, 0.15) is 12.0 Å². The van der Waals surface area contributed by atoms with Gasteiger partial charge in [-0.05, 0) is 6.07 Å². The largest absolute Gasteiger partial charge is 0.382 e. The lowest BCUT2D eigenvalue weighted by Crippen LogP contribution is -2.46. The molecule has 0 aliphatic carbocycles. The number of nitrogens with two attached hydrogens (primary N) is 1. The van der Waals surface area contributed by atoms with E-state index in [0.717, 1.165) is 0 Å². The van der Waals surface area contributed by atoms with Gasteiger partial charge < -0.3 is 20.5 Å². The van der Waals surface area contributed by atoms with Crippen LogP contribution in [-0.2, 0) is 22.7 Å². The van der Waals surface area contributed by atoms with E-state index in [0.29, 0.717) is 11.2 Å². The third-order valence-electron chi connectivity index (χ3n) is 5.09. The average Bonchev–Trinajstić information content (AvgIpc) is 3.33. The average molecular weight is 450 g/mol. The smallest absolute Gasteiger partial charge is 0.243 e. The maximum absolute atomic E-state index is 14.1. The van der Waals surface area contributed by atoms with E-state index in [1.54, 1.807) is 6.07 Å².